The van der Waals surface area contributed by atoms with Crippen molar-refractivity contribution in [3.05, 3.63) is 71.4 Å². The lowest BCUT2D eigenvalue weighted by atomic mass is 10.1. The molecule has 3 aromatic rings. The summed E-state index contributed by atoms with van der Waals surface area (Å²) in [6.07, 6.45) is -4.46. The highest BCUT2D eigenvalue weighted by Crippen LogP contribution is 2.33. The molecule has 1 aromatic heterocycles. The zero-order valence-corrected chi connectivity index (χ0v) is 11.8. The number of carboxylic acids is 1. The van der Waals surface area contributed by atoms with Crippen molar-refractivity contribution >= 4 is 16.9 Å². The molecule has 2 aromatic carbocycles. The van der Waals surface area contributed by atoms with Crippen LogP contribution in [0.4, 0.5) is 13.2 Å². The summed E-state index contributed by atoms with van der Waals surface area (Å²) in [4.78, 5) is 11.0. The average Bonchev–Trinajstić information content (AvgIpc) is 2.84. The fraction of sp³-hybridized carbons (Fsp3) is 0.118. The maximum atomic E-state index is 13.4. The molecule has 0 unspecified atom stereocenters. The lowest BCUT2D eigenvalue weighted by molar-refractivity contribution is -0.201. The maximum absolute atomic E-state index is 13.4. The van der Waals surface area contributed by atoms with E-state index in [1.54, 1.807) is 30.3 Å². The number of aromatic carboxylic acids is 1. The zero-order valence-electron chi connectivity index (χ0n) is 11.8. The zero-order chi connectivity index (χ0) is 16.6. The van der Waals surface area contributed by atoms with E-state index in [2.05, 4.69) is 0 Å². The monoisotopic (exact) mass is 319 g/mol. The van der Waals surface area contributed by atoms with E-state index in [1.807, 2.05) is 0 Å². The Balaban J connectivity index is 2.17. The number of carboxylic acid groups (broad SMARTS) is 1. The van der Waals surface area contributed by atoms with Gasteiger partial charge in [-0.05, 0) is 29.8 Å². The van der Waals surface area contributed by atoms with E-state index in [0.29, 0.717) is 4.57 Å². The van der Waals surface area contributed by atoms with Crippen molar-refractivity contribution in [3.63, 3.8) is 0 Å². The van der Waals surface area contributed by atoms with Crippen molar-refractivity contribution in [3.8, 4) is 0 Å². The largest absolute Gasteiger partial charge is 0.489 e. The Bertz CT molecular complexity index is 867. The lowest BCUT2D eigenvalue weighted by Crippen LogP contribution is -2.19. The molecule has 0 radical (unpaired) electrons. The van der Waals surface area contributed by atoms with Crippen molar-refractivity contribution in [2.75, 3.05) is 0 Å². The Kier molecular flexibility index (Phi) is 3.60. The van der Waals surface area contributed by atoms with Gasteiger partial charge < -0.3 is 5.11 Å². The van der Waals surface area contributed by atoms with Crippen LogP contribution in [0.25, 0.3) is 10.9 Å². The minimum absolute atomic E-state index is 0.0388. The first-order chi connectivity index (χ1) is 10.9. The molecule has 3 nitrogen and oxygen atoms in total. The number of aromatic nitrogens is 1. The van der Waals surface area contributed by atoms with E-state index in [9.17, 15) is 18.0 Å². The summed E-state index contributed by atoms with van der Waals surface area (Å²) >= 11 is 0. The van der Waals surface area contributed by atoms with Crippen molar-refractivity contribution in [1.29, 1.82) is 0 Å². The van der Waals surface area contributed by atoms with E-state index in [0.717, 1.165) is 5.56 Å². The molecule has 0 aliphatic heterocycles. The van der Waals surface area contributed by atoms with E-state index in [1.165, 1.54) is 24.3 Å². The maximum Gasteiger partial charge on any atom is 0.489 e. The number of benzene rings is 2. The number of nitrogens with zero attached hydrogens (tertiary/aromatic N) is 1. The first-order valence-corrected chi connectivity index (χ1v) is 6.85. The van der Waals surface area contributed by atoms with Crippen LogP contribution in [0.5, 0.6) is 0 Å². The van der Waals surface area contributed by atoms with Gasteiger partial charge in [-0.2, -0.15) is 0 Å². The number of halogens is 3. The Hall–Kier alpha value is -2.76. The van der Waals surface area contributed by atoms with Crippen LogP contribution >= 0.6 is 0 Å². The summed E-state index contributed by atoms with van der Waals surface area (Å²) in [5.74, 6) is -1.17. The van der Waals surface area contributed by atoms with E-state index < -0.39 is 12.3 Å². The highest BCUT2D eigenvalue weighted by atomic mass is 19.4. The van der Waals surface area contributed by atoms with Gasteiger partial charge in [0.15, 0.2) is 0 Å². The highest BCUT2D eigenvalue weighted by Gasteiger charge is 2.34. The van der Waals surface area contributed by atoms with Crippen LogP contribution in [0.3, 0.4) is 0 Å². The van der Waals surface area contributed by atoms with Crippen LogP contribution in [0.1, 0.15) is 21.6 Å². The molecule has 0 fully saturated rings. The summed E-state index contributed by atoms with van der Waals surface area (Å²) in [5.41, 5.74) is 0.733. The number of hydrogen-bond acceptors (Lipinski definition) is 1. The molecule has 6 heteroatoms. The predicted octanol–water partition coefficient (Wildman–Crippen LogP) is 4.41. The molecule has 0 aliphatic carbocycles. The molecule has 0 amide bonds. The number of rotatable bonds is 3. The second-order valence-corrected chi connectivity index (χ2v) is 5.18. The minimum atomic E-state index is -4.57. The molecule has 0 bridgehead atoms. The van der Waals surface area contributed by atoms with Gasteiger partial charge in [0, 0.05) is 17.5 Å². The van der Waals surface area contributed by atoms with E-state index >= 15 is 0 Å². The van der Waals surface area contributed by atoms with Crippen molar-refractivity contribution < 1.29 is 23.1 Å². The van der Waals surface area contributed by atoms with Crippen molar-refractivity contribution in [2.24, 2.45) is 0 Å². The van der Waals surface area contributed by atoms with Crippen LogP contribution in [0, 0.1) is 0 Å². The second-order valence-electron chi connectivity index (χ2n) is 5.18. The molecular formula is C17H12F3NO2. The van der Waals surface area contributed by atoms with Crippen LogP contribution in [0.2, 0.25) is 0 Å². The number of alkyl halides is 3. The summed E-state index contributed by atoms with van der Waals surface area (Å²) in [5, 5.41) is 9.24. The fourth-order valence-corrected chi connectivity index (χ4v) is 2.64. The molecule has 1 heterocycles. The Labute approximate surface area is 129 Å². The third-order valence-electron chi connectivity index (χ3n) is 3.61. The third-order valence-corrected chi connectivity index (χ3v) is 3.61. The summed E-state index contributed by atoms with van der Waals surface area (Å²) in [6, 6.07) is 13.8. The van der Waals surface area contributed by atoms with Gasteiger partial charge in [-0.1, -0.05) is 30.3 Å². The van der Waals surface area contributed by atoms with Gasteiger partial charge in [0.25, 0.3) is 0 Å². The summed E-state index contributed by atoms with van der Waals surface area (Å²) in [7, 11) is 0. The molecule has 23 heavy (non-hydrogen) atoms. The molecule has 0 saturated heterocycles. The summed E-state index contributed by atoms with van der Waals surface area (Å²) < 4.78 is 40.6. The van der Waals surface area contributed by atoms with Gasteiger partial charge >= 0.3 is 12.3 Å². The van der Waals surface area contributed by atoms with Crippen LogP contribution < -0.4 is 0 Å². The minimum Gasteiger partial charge on any atom is -0.478 e. The molecular weight excluding hydrogens is 307 g/mol. The number of hydrogen-bond donors (Lipinski definition) is 1. The van der Waals surface area contributed by atoms with Gasteiger partial charge in [-0.15, -0.1) is 13.2 Å². The van der Waals surface area contributed by atoms with Gasteiger partial charge in [-0.3, -0.25) is 4.57 Å². The summed E-state index contributed by atoms with van der Waals surface area (Å²) in [6.45, 7) is 0. The lowest BCUT2D eigenvalue weighted by Gasteiger charge is -2.14. The predicted molar refractivity (Wildman–Crippen MR) is 79.4 cm³/mol. The van der Waals surface area contributed by atoms with Crippen molar-refractivity contribution in [2.45, 2.75) is 12.7 Å². The SMILES string of the molecule is O=C(O)c1ccc2c(c1)cc(Cc1ccccc1)n2C(F)(F)F. The van der Waals surface area contributed by atoms with Gasteiger partial charge in [0.1, 0.15) is 0 Å². The standard InChI is InChI=1S/C17H12F3NO2/c18-17(19,20)21-14(8-11-4-2-1-3-5-11)10-13-9-12(16(22)23)6-7-15(13)21/h1-7,9-10H,8H2,(H,22,23). The van der Waals surface area contributed by atoms with Gasteiger partial charge in [-0.25, -0.2) is 4.79 Å². The normalized spacial score (nSPS) is 11.8. The number of carbonyl (C=O) groups is 1. The number of fused-ring (bicyclic) bond motifs is 1. The molecule has 118 valence electrons. The van der Waals surface area contributed by atoms with Crippen LogP contribution in [0.15, 0.2) is 54.6 Å². The Morgan fingerprint density at radius 3 is 2.35 bits per heavy atom. The Morgan fingerprint density at radius 1 is 1.04 bits per heavy atom. The molecule has 0 atom stereocenters. The van der Waals surface area contributed by atoms with E-state index in [4.69, 9.17) is 5.11 Å². The van der Waals surface area contributed by atoms with E-state index in [-0.39, 0.29) is 28.6 Å². The van der Waals surface area contributed by atoms with Crippen LogP contribution in [-0.2, 0) is 12.7 Å². The molecule has 0 saturated carbocycles. The molecule has 3 rings (SSSR count). The fourth-order valence-electron chi connectivity index (χ4n) is 2.64. The second kappa shape index (κ2) is 5.46. The average molecular weight is 319 g/mol. The third kappa shape index (κ3) is 2.92. The Morgan fingerprint density at radius 2 is 1.74 bits per heavy atom. The topological polar surface area (TPSA) is 42.2 Å². The quantitative estimate of drug-likeness (QED) is 0.777. The molecule has 0 aliphatic rings. The molecule has 0 spiro atoms. The first-order valence-electron chi connectivity index (χ1n) is 6.85. The van der Waals surface area contributed by atoms with Gasteiger partial charge in [0.2, 0.25) is 0 Å². The highest BCUT2D eigenvalue weighted by molar-refractivity contribution is 5.94. The van der Waals surface area contributed by atoms with Crippen LogP contribution in [-0.4, -0.2) is 15.6 Å². The van der Waals surface area contributed by atoms with Crippen molar-refractivity contribution in [1.82, 2.24) is 4.57 Å². The smallest absolute Gasteiger partial charge is 0.478 e. The van der Waals surface area contributed by atoms with Gasteiger partial charge in [0.05, 0.1) is 11.1 Å². The molecule has 1 N–H and O–H groups in total. The first kappa shape index (κ1) is 15.1.